The summed E-state index contributed by atoms with van der Waals surface area (Å²) >= 11 is 0. The van der Waals surface area contributed by atoms with E-state index >= 15 is 0 Å². The molecule has 0 spiro atoms. The van der Waals surface area contributed by atoms with Gasteiger partial charge in [-0.1, -0.05) is 0 Å². The van der Waals surface area contributed by atoms with Gasteiger partial charge in [-0.25, -0.2) is 0 Å². The summed E-state index contributed by atoms with van der Waals surface area (Å²) in [6.07, 6.45) is 0. The molecule has 0 amide bonds. The van der Waals surface area contributed by atoms with Gasteiger partial charge < -0.3 is 0 Å². The van der Waals surface area contributed by atoms with E-state index in [1.807, 2.05) is 44.7 Å². The monoisotopic (exact) mass is 179 g/mol. The fourth-order valence-corrected chi connectivity index (χ4v) is 0.462. The van der Waals surface area contributed by atoms with Crippen LogP contribution in [0.15, 0.2) is 0 Å². The van der Waals surface area contributed by atoms with Gasteiger partial charge in [0, 0.05) is 0 Å². The van der Waals surface area contributed by atoms with Crippen molar-refractivity contribution in [1.82, 2.24) is 9.80 Å². The first-order valence-corrected chi connectivity index (χ1v) is 2.31. The van der Waals surface area contributed by atoms with Gasteiger partial charge in [0.15, 0.2) is 0 Å². The van der Waals surface area contributed by atoms with E-state index in [-0.39, 0.29) is 17.6 Å². The van der Waals surface area contributed by atoms with Crippen molar-refractivity contribution >= 4 is 17.6 Å². The third-order valence-corrected chi connectivity index (χ3v) is 0.462. The van der Waals surface area contributed by atoms with E-state index in [9.17, 15) is 0 Å². The van der Waals surface area contributed by atoms with Crippen LogP contribution in [0.2, 0.25) is 0 Å². The SMILES string of the molecule is CN(C)[CH]N(C)C.[GeH4]. The normalized spacial score (nSPS) is 9.75. The van der Waals surface area contributed by atoms with E-state index < -0.39 is 0 Å². The van der Waals surface area contributed by atoms with Crippen molar-refractivity contribution in [3.8, 4) is 0 Å². The van der Waals surface area contributed by atoms with Gasteiger partial charge in [0.1, 0.15) is 0 Å². The van der Waals surface area contributed by atoms with Crippen molar-refractivity contribution in [2.45, 2.75) is 0 Å². The molecule has 3 heteroatoms. The van der Waals surface area contributed by atoms with E-state index in [0.29, 0.717) is 0 Å². The van der Waals surface area contributed by atoms with Crippen LogP contribution in [-0.4, -0.2) is 55.6 Å². The molecule has 8 heavy (non-hydrogen) atoms. The number of hydrogen-bond acceptors (Lipinski definition) is 2. The van der Waals surface area contributed by atoms with Crippen molar-refractivity contribution in [3.63, 3.8) is 0 Å². The molecule has 51 valence electrons. The van der Waals surface area contributed by atoms with Gasteiger partial charge in [0.05, 0.1) is 6.67 Å². The standard InChI is InChI=1S/C5H13N2.GeH4/c1-6(2)5-7(3)4;/h5H,1-4H3;1H4. The molecule has 0 aromatic heterocycles. The zero-order valence-corrected chi connectivity index (χ0v) is 5.47. The molecule has 2 nitrogen and oxygen atoms in total. The molecular weight excluding hydrogens is 161 g/mol. The minimum atomic E-state index is 0. The Morgan fingerprint density at radius 1 is 0.875 bits per heavy atom. The molecule has 0 aliphatic heterocycles. The molecule has 1 radical (unpaired) electrons. The second kappa shape index (κ2) is 5.60. The molecule has 0 aliphatic carbocycles. The Bertz CT molecular complexity index is 39.7. The summed E-state index contributed by atoms with van der Waals surface area (Å²) in [7, 11) is 8.00. The summed E-state index contributed by atoms with van der Waals surface area (Å²) in [6.45, 7) is 2.00. The van der Waals surface area contributed by atoms with Crippen LogP contribution >= 0.6 is 0 Å². The third-order valence-electron chi connectivity index (χ3n) is 0.462. The van der Waals surface area contributed by atoms with Crippen LogP contribution in [0.3, 0.4) is 0 Å². The topological polar surface area (TPSA) is 6.48 Å². The van der Waals surface area contributed by atoms with Crippen LogP contribution in [-0.2, 0) is 0 Å². The maximum atomic E-state index is 2.00. The van der Waals surface area contributed by atoms with E-state index in [2.05, 4.69) is 0 Å². The first kappa shape index (κ1) is 11.3. The summed E-state index contributed by atoms with van der Waals surface area (Å²) in [6, 6.07) is 0. The summed E-state index contributed by atoms with van der Waals surface area (Å²) in [5.41, 5.74) is 0. The molecule has 0 bridgehead atoms. The Labute approximate surface area is 62.8 Å². The van der Waals surface area contributed by atoms with E-state index in [1.54, 1.807) is 0 Å². The molecule has 0 fully saturated rings. The molecule has 0 heterocycles. The second-order valence-electron chi connectivity index (χ2n) is 2.04. The zero-order chi connectivity index (χ0) is 5.86. The summed E-state index contributed by atoms with van der Waals surface area (Å²) in [5.74, 6) is 0. The predicted octanol–water partition coefficient (Wildman–Crippen LogP) is -1.22. The van der Waals surface area contributed by atoms with Gasteiger partial charge in [-0.3, -0.25) is 9.80 Å². The maximum absolute atomic E-state index is 2.00. The van der Waals surface area contributed by atoms with Crippen LogP contribution < -0.4 is 0 Å². The average molecular weight is 178 g/mol. The molecular formula is C5H17GeN2. The van der Waals surface area contributed by atoms with Crippen molar-refractivity contribution in [1.29, 1.82) is 0 Å². The third kappa shape index (κ3) is 9.68. The molecule has 0 unspecified atom stereocenters. The molecule has 0 aromatic rings. The van der Waals surface area contributed by atoms with Gasteiger partial charge in [0.25, 0.3) is 0 Å². The Kier molecular flexibility index (Phi) is 7.89. The van der Waals surface area contributed by atoms with Crippen molar-refractivity contribution < 1.29 is 0 Å². The second-order valence-corrected chi connectivity index (χ2v) is 2.04. The minimum absolute atomic E-state index is 0. The summed E-state index contributed by atoms with van der Waals surface area (Å²) < 4.78 is 0. The predicted molar refractivity (Wildman–Crippen MR) is 43.0 cm³/mol. The van der Waals surface area contributed by atoms with E-state index in [1.165, 1.54) is 0 Å². The van der Waals surface area contributed by atoms with Crippen LogP contribution in [0.1, 0.15) is 0 Å². The van der Waals surface area contributed by atoms with Gasteiger partial charge in [-0.2, -0.15) is 0 Å². The van der Waals surface area contributed by atoms with Crippen molar-refractivity contribution in [3.05, 3.63) is 6.67 Å². The molecule has 0 saturated carbocycles. The first-order valence-electron chi connectivity index (χ1n) is 2.31. The van der Waals surface area contributed by atoms with Gasteiger partial charge in [-0.15, -0.1) is 0 Å². The Morgan fingerprint density at radius 3 is 1.12 bits per heavy atom. The molecule has 0 saturated heterocycles. The van der Waals surface area contributed by atoms with Gasteiger partial charge in [0.2, 0.25) is 0 Å². The number of nitrogens with zero attached hydrogens (tertiary/aromatic N) is 2. The number of hydrogen-bond donors (Lipinski definition) is 0. The first-order chi connectivity index (χ1) is 3.13. The quantitative estimate of drug-likeness (QED) is 0.488. The van der Waals surface area contributed by atoms with Crippen LogP contribution in [0.4, 0.5) is 0 Å². The Hall–Kier alpha value is 0.463. The van der Waals surface area contributed by atoms with Gasteiger partial charge >= 0.3 is 17.6 Å². The van der Waals surface area contributed by atoms with Crippen LogP contribution in [0, 0.1) is 6.67 Å². The molecule has 0 aromatic carbocycles. The van der Waals surface area contributed by atoms with Crippen LogP contribution in [0.5, 0.6) is 0 Å². The molecule has 0 aliphatic rings. The van der Waals surface area contributed by atoms with Crippen molar-refractivity contribution in [2.75, 3.05) is 28.2 Å². The molecule has 0 rings (SSSR count). The Balaban J connectivity index is 0. The fraction of sp³-hybridized carbons (Fsp3) is 0.800. The number of rotatable bonds is 2. The average Bonchev–Trinajstić information content (AvgIpc) is 1.27. The fourth-order valence-electron chi connectivity index (χ4n) is 0.462. The van der Waals surface area contributed by atoms with Crippen LogP contribution in [0.25, 0.3) is 0 Å². The summed E-state index contributed by atoms with van der Waals surface area (Å²) in [4.78, 5) is 4.00. The van der Waals surface area contributed by atoms with Gasteiger partial charge in [-0.05, 0) is 28.2 Å². The van der Waals surface area contributed by atoms with E-state index in [4.69, 9.17) is 0 Å². The molecule has 0 N–H and O–H groups in total. The van der Waals surface area contributed by atoms with E-state index in [0.717, 1.165) is 0 Å². The zero-order valence-electron chi connectivity index (χ0n) is 5.47. The van der Waals surface area contributed by atoms with Crippen molar-refractivity contribution in [2.24, 2.45) is 0 Å². The Morgan fingerprint density at radius 2 is 1.12 bits per heavy atom. The summed E-state index contributed by atoms with van der Waals surface area (Å²) in [5, 5.41) is 0. The molecule has 0 atom stereocenters.